The summed E-state index contributed by atoms with van der Waals surface area (Å²) in [6.45, 7) is 0. The number of halogens is 1. The van der Waals surface area contributed by atoms with Gasteiger partial charge in [0.2, 0.25) is 5.91 Å². The summed E-state index contributed by atoms with van der Waals surface area (Å²) in [7, 11) is 2.70. The highest BCUT2D eigenvalue weighted by Crippen LogP contribution is 2.41. The lowest BCUT2D eigenvalue weighted by Gasteiger charge is -2.23. The molecule has 0 aromatic heterocycles. The van der Waals surface area contributed by atoms with E-state index in [0.29, 0.717) is 17.1 Å². The van der Waals surface area contributed by atoms with Gasteiger partial charge in [0.15, 0.2) is 5.71 Å². The molecule has 2 aliphatic rings. The Labute approximate surface area is 174 Å². The van der Waals surface area contributed by atoms with Crippen molar-refractivity contribution in [1.82, 2.24) is 0 Å². The smallest absolute Gasteiger partial charge is 0.355 e. The number of fused-ring (bicyclic) bond motifs is 1. The van der Waals surface area contributed by atoms with Gasteiger partial charge in [-0.05, 0) is 36.4 Å². The predicted octanol–water partition coefficient (Wildman–Crippen LogP) is 2.36. The number of esters is 1. The summed E-state index contributed by atoms with van der Waals surface area (Å²) in [4.78, 5) is 39.9. The number of hydrogen-bond acceptors (Lipinski definition) is 7. The molecule has 2 atom stereocenters. The third-order valence-electron chi connectivity index (χ3n) is 4.86. The van der Waals surface area contributed by atoms with Gasteiger partial charge in [0.1, 0.15) is 23.4 Å². The molecule has 1 saturated heterocycles. The number of amides is 2. The van der Waals surface area contributed by atoms with Crippen LogP contribution in [0.25, 0.3) is 0 Å². The molecular formula is C20H16BrN3O5. The fourth-order valence-corrected chi connectivity index (χ4v) is 3.81. The van der Waals surface area contributed by atoms with E-state index >= 15 is 0 Å². The minimum absolute atomic E-state index is 0.110. The number of hydrogen-bond donors (Lipinski definition) is 0. The van der Waals surface area contributed by atoms with Gasteiger partial charge in [-0.2, -0.15) is 5.10 Å². The molecule has 29 heavy (non-hydrogen) atoms. The molecule has 0 aliphatic carbocycles. The normalized spacial score (nSPS) is 20.6. The molecule has 2 aromatic carbocycles. The Bertz CT molecular complexity index is 1040. The Hall–Kier alpha value is -3.20. The number of nitrogens with zero attached hydrogens (tertiary/aromatic N) is 3. The van der Waals surface area contributed by atoms with Crippen LogP contribution in [0.5, 0.6) is 5.75 Å². The second-order valence-corrected chi connectivity index (χ2v) is 7.32. The van der Waals surface area contributed by atoms with E-state index in [0.717, 1.165) is 9.37 Å². The predicted molar refractivity (Wildman–Crippen MR) is 109 cm³/mol. The topological polar surface area (TPSA) is 88.5 Å². The summed E-state index contributed by atoms with van der Waals surface area (Å²) in [5.41, 5.74) is 0.783. The summed E-state index contributed by atoms with van der Waals surface area (Å²) in [6.07, 6.45) is 0. The first-order valence-electron chi connectivity index (χ1n) is 8.70. The minimum Gasteiger partial charge on any atom is -0.495 e. The molecular weight excluding hydrogens is 442 g/mol. The van der Waals surface area contributed by atoms with Crippen LogP contribution in [-0.2, 0) is 19.1 Å². The Morgan fingerprint density at radius 2 is 1.72 bits per heavy atom. The van der Waals surface area contributed by atoms with Gasteiger partial charge >= 0.3 is 5.97 Å². The molecule has 148 valence electrons. The first-order valence-corrected chi connectivity index (χ1v) is 9.49. The standard InChI is InChI=1S/C20H16BrN3O5/c1-28-14-6-4-3-5-13(14)24-17-15(16(22-24)20(27)29-2)18(25)23(19(17)26)12-9-7-11(21)8-10-12/h3-10,15,17H,1-2H3/t15-,17+/m1/s1. The van der Waals surface area contributed by atoms with Gasteiger partial charge in [0.25, 0.3) is 5.91 Å². The van der Waals surface area contributed by atoms with Crippen molar-refractivity contribution in [1.29, 1.82) is 0 Å². The van der Waals surface area contributed by atoms with Crippen molar-refractivity contribution >= 4 is 50.8 Å². The Morgan fingerprint density at radius 1 is 1.03 bits per heavy atom. The van der Waals surface area contributed by atoms with E-state index in [4.69, 9.17) is 9.47 Å². The summed E-state index contributed by atoms with van der Waals surface area (Å²) in [5, 5.41) is 5.65. The first kappa shape index (κ1) is 19.1. The van der Waals surface area contributed by atoms with Crippen molar-refractivity contribution in [2.24, 2.45) is 11.0 Å². The van der Waals surface area contributed by atoms with Crippen molar-refractivity contribution in [3.63, 3.8) is 0 Å². The number of ether oxygens (including phenoxy) is 2. The van der Waals surface area contributed by atoms with Gasteiger partial charge in [-0.25, -0.2) is 14.7 Å². The second kappa shape index (κ2) is 7.32. The number of carbonyl (C=O) groups excluding carboxylic acids is 3. The van der Waals surface area contributed by atoms with Crippen LogP contribution >= 0.6 is 15.9 Å². The van der Waals surface area contributed by atoms with Crippen LogP contribution in [0.2, 0.25) is 0 Å². The van der Waals surface area contributed by atoms with Gasteiger partial charge in [0.05, 0.1) is 19.9 Å². The zero-order chi connectivity index (χ0) is 20.7. The van der Waals surface area contributed by atoms with E-state index < -0.39 is 29.7 Å². The highest BCUT2D eigenvalue weighted by atomic mass is 79.9. The minimum atomic E-state index is -1.07. The van der Waals surface area contributed by atoms with E-state index in [9.17, 15) is 14.4 Å². The highest BCUT2D eigenvalue weighted by molar-refractivity contribution is 9.10. The lowest BCUT2D eigenvalue weighted by Crippen LogP contribution is -2.39. The van der Waals surface area contributed by atoms with E-state index in [-0.39, 0.29) is 5.71 Å². The number of para-hydroxylation sites is 2. The SMILES string of the molecule is COC(=O)C1=NN(c2ccccc2OC)[C@@H]2C(=O)N(c3ccc(Br)cc3)C(=O)[C@H]12. The van der Waals surface area contributed by atoms with E-state index in [1.807, 2.05) is 0 Å². The highest BCUT2D eigenvalue weighted by Gasteiger charge is 2.59. The quantitative estimate of drug-likeness (QED) is 0.517. The number of rotatable bonds is 4. The average Bonchev–Trinajstić information content (AvgIpc) is 3.25. The van der Waals surface area contributed by atoms with Gasteiger partial charge in [-0.15, -0.1) is 0 Å². The van der Waals surface area contributed by atoms with Crippen molar-refractivity contribution in [3.05, 3.63) is 53.0 Å². The van der Waals surface area contributed by atoms with Crippen LogP contribution in [0.1, 0.15) is 0 Å². The zero-order valence-electron chi connectivity index (χ0n) is 15.5. The fourth-order valence-electron chi connectivity index (χ4n) is 3.55. The van der Waals surface area contributed by atoms with Crippen LogP contribution in [0.3, 0.4) is 0 Å². The number of methoxy groups -OCH3 is 2. The molecule has 0 N–H and O–H groups in total. The molecule has 0 radical (unpaired) electrons. The third-order valence-corrected chi connectivity index (χ3v) is 5.39. The third kappa shape index (κ3) is 2.98. The number of hydrazone groups is 1. The van der Waals surface area contributed by atoms with Gasteiger partial charge < -0.3 is 9.47 Å². The number of imide groups is 1. The van der Waals surface area contributed by atoms with Crippen molar-refractivity contribution in [2.75, 3.05) is 24.1 Å². The first-order chi connectivity index (χ1) is 14.0. The molecule has 0 bridgehead atoms. The van der Waals surface area contributed by atoms with E-state index in [1.165, 1.54) is 19.2 Å². The lowest BCUT2D eigenvalue weighted by atomic mass is 9.97. The van der Waals surface area contributed by atoms with Crippen LogP contribution in [-0.4, -0.2) is 43.8 Å². The Balaban J connectivity index is 1.83. The molecule has 0 unspecified atom stereocenters. The largest absolute Gasteiger partial charge is 0.495 e. The molecule has 0 saturated carbocycles. The molecule has 2 aromatic rings. The molecule has 2 amide bonds. The number of carbonyl (C=O) groups is 3. The Kier molecular flexibility index (Phi) is 4.83. The van der Waals surface area contributed by atoms with Crippen LogP contribution in [0, 0.1) is 5.92 Å². The van der Waals surface area contributed by atoms with Gasteiger partial charge in [-0.1, -0.05) is 28.1 Å². The molecule has 8 nitrogen and oxygen atoms in total. The molecule has 9 heteroatoms. The molecule has 4 rings (SSSR count). The second-order valence-electron chi connectivity index (χ2n) is 6.40. The average molecular weight is 458 g/mol. The molecule has 0 spiro atoms. The maximum Gasteiger partial charge on any atom is 0.355 e. The van der Waals surface area contributed by atoms with Crippen molar-refractivity contribution in [2.45, 2.75) is 6.04 Å². The molecule has 1 fully saturated rings. The number of anilines is 2. The monoisotopic (exact) mass is 457 g/mol. The van der Waals surface area contributed by atoms with Gasteiger partial charge in [0, 0.05) is 4.47 Å². The van der Waals surface area contributed by atoms with Crippen molar-refractivity contribution < 1.29 is 23.9 Å². The van der Waals surface area contributed by atoms with E-state index in [2.05, 4.69) is 21.0 Å². The maximum absolute atomic E-state index is 13.3. The van der Waals surface area contributed by atoms with Crippen LogP contribution < -0.4 is 14.6 Å². The molecule has 2 heterocycles. The summed E-state index contributed by atoms with van der Waals surface area (Å²) in [5.74, 6) is -2.36. The van der Waals surface area contributed by atoms with Crippen LogP contribution in [0.4, 0.5) is 11.4 Å². The van der Waals surface area contributed by atoms with Crippen molar-refractivity contribution in [3.8, 4) is 5.75 Å². The van der Waals surface area contributed by atoms with E-state index in [1.54, 1.807) is 48.5 Å². The Morgan fingerprint density at radius 3 is 2.38 bits per heavy atom. The molecule has 2 aliphatic heterocycles. The zero-order valence-corrected chi connectivity index (χ0v) is 17.1. The summed E-state index contributed by atoms with van der Waals surface area (Å²) >= 11 is 3.34. The lowest BCUT2D eigenvalue weighted by molar-refractivity contribution is -0.133. The summed E-state index contributed by atoms with van der Waals surface area (Å²) < 4.78 is 11.0. The van der Waals surface area contributed by atoms with Crippen LogP contribution in [0.15, 0.2) is 58.1 Å². The summed E-state index contributed by atoms with van der Waals surface area (Å²) in [6, 6.07) is 12.7. The number of benzene rings is 2. The fraction of sp³-hybridized carbons (Fsp3) is 0.200. The van der Waals surface area contributed by atoms with Gasteiger partial charge in [-0.3, -0.25) is 9.59 Å². The maximum atomic E-state index is 13.3.